The largest absolute Gasteiger partial charge is 0.508 e. The van der Waals surface area contributed by atoms with E-state index in [9.17, 15) is 4.79 Å². The lowest BCUT2D eigenvalue weighted by molar-refractivity contribution is -0.191. The molecular weight excluding hydrogens is 200 g/mol. The fourth-order valence-electron chi connectivity index (χ4n) is 0.900. The van der Waals surface area contributed by atoms with Crippen molar-refractivity contribution in [3.8, 4) is 5.75 Å². The number of benzene rings is 1. The van der Waals surface area contributed by atoms with Gasteiger partial charge in [0.15, 0.2) is 0 Å². The topological polar surface area (TPSA) is 80.7 Å². The molecule has 0 aliphatic rings. The molecule has 0 heterocycles. The Morgan fingerprint density at radius 2 is 1.93 bits per heavy atom. The molecule has 15 heavy (non-hydrogen) atoms. The molecule has 0 radical (unpaired) electrons. The van der Waals surface area contributed by atoms with Crippen molar-refractivity contribution in [3.05, 3.63) is 29.3 Å². The van der Waals surface area contributed by atoms with Crippen molar-refractivity contribution in [2.45, 2.75) is 6.92 Å². The van der Waals surface area contributed by atoms with E-state index in [1.54, 1.807) is 13.0 Å². The monoisotopic (exact) mass is 210 g/mol. The minimum absolute atomic E-state index is 0.183. The number of ether oxygens (including phenoxy) is 1. The first-order valence-electron chi connectivity index (χ1n) is 3.94. The highest BCUT2D eigenvalue weighted by Crippen LogP contribution is 2.17. The summed E-state index contributed by atoms with van der Waals surface area (Å²) in [6, 6.07) is 4.58. The summed E-state index contributed by atoms with van der Waals surface area (Å²) < 4.78 is 4.51. The minimum atomic E-state index is -0.391. The second kappa shape index (κ2) is 6.34. The molecule has 1 rings (SSSR count). The zero-order valence-corrected chi connectivity index (χ0v) is 8.31. The molecule has 0 atom stereocenters. The predicted molar refractivity (Wildman–Crippen MR) is 49.2 cm³/mol. The number of hydrogen-bond acceptors (Lipinski definition) is 5. The van der Waals surface area contributed by atoms with Gasteiger partial charge < -0.3 is 9.84 Å². The van der Waals surface area contributed by atoms with Gasteiger partial charge in [0, 0.05) is 0 Å². The van der Waals surface area contributed by atoms with Gasteiger partial charge in [-0.25, -0.2) is 4.79 Å². The van der Waals surface area contributed by atoms with Gasteiger partial charge in [0.05, 0.1) is 12.7 Å². The Labute approximate surface area is 86.3 Å². The van der Waals surface area contributed by atoms with Crippen LogP contribution in [0.4, 0.5) is 0 Å². The third-order valence-electron chi connectivity index (χ3n) is 1.62. The van der Waals surface area contributed by atoms with Gasteiger partial charge in [-0.2, -0.15) is 9.59 Å². The van der Waals surface area contributed by atoms with Crippen LogP contribution >= 0.6 is 0 Å². The van der Waals surface area contributed by atoms with Gasteiger partial charge in [-0.3, -0.25) is 0 Å². The SMILES string of the molecule is COC(=O)c1ccc(O)c(C)c1.O=C=O. The smallest absolute Gasteiger partial charge is 0.373 e. The number of carbonyl (C=O) groups is 1. The van der Waals surface area contributed by atoms with Crippen molar-refractivity contribution in [1.82, 2.24) is 0 Å². The molecular formula is C10H10O5. The molecule has 1 aromatic carbocycles. The molecule has 0 saturated heterocycles. The first-order chi connectivity index (χ1) is 7.06. The Hall–Kier alpha value is -2.13. The lowest BCUT2D eigenvalue weighted by Crippen LogP contribution is -2.00. The number of hydrogen-bond donors (Lipinski definition) is 1. The molecule has 1 N–H and O–H groups in total. The number of methoxy groups -OCH3 is 1. The van der Waals surface area contributed by atoms with Crippen LogP contribution in [-0.2, 0) is 14.3 Å². The maximum absolute atomic E-state index is 11.0. The highest BCUT2D eigenvalue weighted by atomic mass is 16.5. The van der Waals surface area contributed by atoms with Crippen LogP contribution < -0.4 is 0 Å². The minimum Gasteiger partial charge on any atom is -0.508 e. The van der Waals surface area contributed by atoms with Crippen molar-refractivity contribution >= 4 is 12.1 Å². The first-order valence-corrected chi connectivity index (χ1v) is 3.94. The summed E-state index contributed by atoms with van der Waals surface area (Å²) in [5.74, 6) is -0.208. The van der Waals surface area contributed by atoms with Gasteiger partial charge >= 0.3 is 12.1 Å². The number of aryl methyl sites for hydroxylation is 1. The normalized spacial score (nSPS) is 8.13. The summed E-state index contributed by atoms with van der Waals surface area (Å²) in [6.45, 7) is 1.72. The number of phenols is 1. The van der Waals surface area contributed by atoms with Crippen LogP contribution in [0.3, 0.4) is 0 Å². The van der Waals surface area contributed by atoms with Gasteiger partial charge in [-0.05, 0) is 30.7 Å². The van der Waals surface area contributed by atoms with Crippen LogP contribution in [0, 0.1) is 6.92 Å². The molecule has 0 spiro atoms. The summed E-state index contributed by atoms with van der Waals surface area (Å²) >= 11 is 0. The Morgan fingerprint density at radius 3 is 2.33 bits per heavy atom. The zero-order chi connectivity index (χ0) is 11.8. The van der Waals surface area contributed by atoms with E-state index in [-0.39, 0.29) is 11.9 Å². The van der Waals surface area contributed by atoms with Gasteiger partial charge in [0.1, 0.15) is 5.75 Å². The highest BCUT2D eigenvalue weighted by molar-refractivity contribution is 5.89. The quantitative estimate of drug-likeness (QED) is 0.696. The van der Waals surface area contributed by atoms with E-state index < -0.39 is 5.97 Å². The van der Waals surface area contributed by atoms with Crippen molar-refractivity contribution in [2.75, 3.05) is 7.11 Å². The first kappa shape index (κ1) is 12.9. The van der Waals surface area contributed by atoms with Crippen LogP contribution in [0.2, 0.25) is 0 Å². The summed E-state index contributed by atoms with van der Waals surface area (Å²) in [7, 11) is 1.32. The van der Waals surface area contributed by atoms with Crippen molar-refractivity contribution < 1.29 is 24.2 Å². The van der Waals surface area contributed by atoms with Crippen molar-refractivity contribution in [3.63, 3.8) is 0 Å². The molecule has 0 amide bonds. The Balaban J connectivity index is 0.000000583. The van der Waals surface area contributed by atoms with E-state index >= 15 is 0 Å². The zero-order valence-electron chi connectivity index (χ0n) is 8.31. The van der Waals surface area contributed by atoms with Gasteiger partial charge in [-0.15, -0.1) is 0 Å². The standard InChI is InChI=1S/C9H10O3.CO2/c1-6-5-7(9(11)12-2)3-4-8(6)10;2-1-3/h3-5,10H,1-2H3;. The molecule has 0 aliphatic heterocycles. The van der Waals surface area contributed by atoms with Crippen LogP contribution in [0.15, 0.2) is 18.2 Å². The van der Waals surface area contributed by atoms with E-state index in [4.69, 9.17) is 14.7 Å². The van der Waals surface area contributed by atoms with E-state index in [2.05, 4.69) is 4.74 Å². The van der Waals surface area contributed by atoms with Crippen LogP contribution in [0.25, 0.3) is 0 Å². The molecule has 0 unspecified atom stereocenters. The number of carbonyl (C=O) groups excluding carboxylic acids is 3. The van der Waals surface area contributed by atoms with Gasteiger partial charge in [0.2, 0.25) is 0 Å². The average Bonchev–Trinajstić information content (AvgIpc) is 2.22. The second-order valence-electron chi connectivity index (χ2n) is 2.58. The number of rotatable bonds is 1. The lowest BCUT2D eigenvalue weighted by Gasteiger charge is -2.01. The van der Waals surface area contributed by atoms with Crippen molar-refractivity contribution in [1.29, 1.82) is 0 Å². The fraction of sp³-hybridized carbons (Fsp3) is 0.200. The molecule has 0 saturated carbocycles. The summed E-state index contributed by atoms with van der Waals surface area (Å²) in [6.07, 6.45) is 0.250. The second-order valence-corrected chi connectivity index (χ2v) is 2.58. The summed E-state index contributed by atoms with van der Waals surface area (Å²) in [5, 5.41) is 9.15. The molecule has 5 heteroatoms. The number of esters is 1. The summed E-state index contributed by atoms with van der Waals surface area (Å²) in [5.41, 5.74) is 1.12. The van der Waals surface area contributed by atoms with E-state index in [1.807, 2.05) is 0 Å². The van der Waals surface area contributed by atoms with E-state index in [0.717, 1.165) is 0 Å². The Kier molecular flexibility index (Phi) is 5.44. The molecule has 0 aliphatic carbocycles. The van der Waals surface area contributed by atoms with Crippen LogP contribution in [0.5, 0.6) is 5.75 Å². The fourth-order valence-corrected chi connectivity index (χ4v) is 0.900. The molecule has 0 bridgehead atoms. The highest BCUT2D eigenvalue weighted by Gasteiger charge is 2.05. The van der Waals surface area contributed by atoms with Crippen molar-refractivity contribution in [2.24, 2.45) is 0 Å². The molecule has 5 nitrogen and oxygen atoms in total. The summed E-state index contributed by atoms with van der Waals surface area (Å²) in [4.78, 5) is 27.2. The predicted octanol–water partition coefficient (Wildman–Crippen LogP) is 0.904. The third-order valence-corrected chi connectivity index (χ3v) is 1.62. The lowest BCUT2D eigenvalue weighted by atomic mass is 10.1. The molecule has 1 aromatic rings. The maximum Gasteiger partial charge on any atom is 0.373 e. The van der Waals surface area contributed by atoms with Crippen LogP contribution in [-0.4, -0.2) is 24.3 Å². The molecule has 0 aromatic heterocycles. The Bertz CT molecular complexity index is 377. The molecule has 80 valence electrons. The van der Waals surface area contributed by atoms with Crippen LogP contribution in [0.1, 0.15) is 15.9 Å². The molecule has 0 fully saturated rings. The van der Waals surface area contributed by atoms with Gasteiger partial charge in [-0.1, -0.05) is 0 Å². The Morgan fingerprint density at radius 1 is 1.40 bits per heavy atom. The van der Waals surface area contributed by atoms with E-state index in [0.29, 0.717) is 11.1 Å². The van der Waals surface area contributed by atoms with E-state index in [1.165, 1.54) is 19.2 Å². The number of phenolic OH excluding ortho intramolecular Hbond substituents is 1. The third kappa shape index (κ3) is 4.06. The maximum atomic E-state index is 11.0. The average molecular weight is 210 g/mol. The number of aromatic hydroxyl groups is 1. The van der Waals surface area contributed by atoms with Gasteiger partial charge in [0.25, 0.3) is 0 Å².